The topological polar surface area (TPSA) is 66.4 Å². The number of carboxylic acid groups (broad SMARTS) is 1. The van der Waals surface area contributed by atoms with Crippen LogP contribution in [0.3, 0.4) is 0 Å². The zero-order valence-electron chi connectivity index (χ0n) is 10.7. The number of nitrogens with one attached hydrogen (secondary N) is 1. The van der Waals surface area contributed by atoms with E-state index in [-0.39, 0.29) is 18.5 Å². The highest BCUT2D eigenvalue weighted by molar-refractivity contribution is 5.79. The maximum Gasteiger partial charge on any atom is 0.416 e. The molecule has 0 spiro atoms. The first-order valence-electron chi connectivity index (χ1n) is 5.86. The van der Waals surface area contributed by atoms with Gasteiger partial charge in [0.2, 0.25) is 5.91 Å². The van der Waals surface area contributed by atoms with Gasteiger partial charge < -0.3 is 10.4 Å². The molecule has 0 saturated carbocycles. The highest BCUT2D eigenvalue weighted by Gasteiger charge is 2.30. The van der Waals surface area contributed by atoms with Gasteiger partial charge >= 0.3 is 12.1 Å². The Labute approximate surface area is 113 Å². The third kappa shape index (κ3) is 4.91. The molecule has 7 heteroatoms. The van der Waals surface area contributed by atoms with Crippen molar-refractivity contribution in [2.75, 3.05) is 6.54 Å². The van der Waals surface area contributed by atoms with Crippen LogP contribution in [0.25, 0.3) is 0 Å². The van der Waals surface area contributed by atoms with E-state index in [0.717, 1.165) is 12.1 Å². The number of halogens is 3. The van der Waals surface area contributed by atoms with E-state index in [2.05, 4.69) is 5.32 Å². The molecule has 1 aromatic rings. The highest BCUT2D eigenvalue weighted by Crippen LogP contribution is 2.29. The van der Waals surface area contributed by atoms with Crippen LogP contribution in [0.5, 0.6) is 0 Å². The van der Waals surface area contributed by atoms with Crippen molar-refractivity contribution in [2.45, 2.75) is 19.5 Å². The van der Waals surface area contributed by atoms with Crippen molar-refractivity contribution in [3.63, 3.8) is 0 Å². The van der Waals surface area contributed by atoms with Gasteiger partial charge in [-0.2, -0.15) is 13.2 Å². The molecule has 1 aromatic carbocycles. The molecular formula is C13H14F3NO3. The molecule has 0 saturated heterocycles. The minimum absolute atomic E-state index is 0.0624. The van der Waals surface area contributed by atoms with Crippen molar-refractivity contribution in [3.05, 3.63) is 35.4 Å². The predicted molar refractivity (Wildman–Crippen MR) is 65.0 cm³/mol. The molecule has 0 radical (unpaired) electrons. The molecule has 0 aliphatic rings. The summed E-state index contributed by atoms with van der Waals surface area (Å²) in [5.74, 6) is -2.32. The maximum atomic E-state index is 12.5. The van der Waals surface area contributed by atoms with Gasteiger partial charge in [-0.15, -0.1) is 0 Å². The lowest BCUT2D eigenvalue weighted by Gasteiger charge is -2.10. The summed E-state index contributed by atoms with van der Waals surface area (Å²) in [4.78, 5) is 22.1. The highest BCUT2D eigenvalue weighted by atomic mass is 19.4. The van der Waals surface area contributed by atoms with E-state index >= 15 is 0 Å². The summed E-state index contributed by atoms with van der Waals surface area (Å²) in [6, 6.07) is 4.47. The van der Waals surface area contributed by atoms with Gasteiger partial charge in [-0.3, -0.25) is 9.59 Å². The second-order valence-electron chi connectivity index (χ2n) is 4.42. The second-order valence-corrected chi connectivity index (χ2v) is 4.42. The summed E-state index contributed by atoms with van der Waals surface area (Å²) in [7, 11) is 0. The molecule has 0 aliphatic carbocycles. The van der Waals surface area contributed by atoms with Gasteiger partial charge in [-0.1, -0.05) is 25.1 Å². The van der Waals surface area contributed by atoms with Crippen molar-refractivity contribution >= 4 is 11.9 Å². The summed E-state index contributed by atoms with van der Waals surface area (Å²) < 4.78 is 37.4. The largest absolute Gasteiger partial charge is 0.481 e. The average Bonchev–Trinajstić information content (AvgIpc) is 2.35. The molecule has 2 N–H and O–H groups in total. The number of benzene rings is 1. The molecule has 110 valence electrons. The van der Waals surface area contributed by atoms with Gasteiger partial charge in [0.05, 0.1) is 17.9 Å². The number of carbonyl (C=O) groups excluding carboxylic acids is 1. The summed E-state index contributed by atoms with van der Waals surface area (Å²) >= 11 is 0. The van der Waals surface area contributed by atoms with Crippen LogP contribution in [0.1, 0.15) is 18.1 Å². The van der Waals surface area contributed by atoms with Crippen molar-refractivity contribution in [2.24, 2.45) is 5.92 Å². The van der Waals surface area contributed by atoms with Gasteiger partial charge in [-0.25, -0.2) is 0 Å². The standard InChI is InChI=1S/C13H14F3NO3/c1-8(12(19)20)7-17-11(18)6-9-3-2-4-10(5-9)13(14,15)16/h2-5,8H,6-7H2,1H3,(H,17,18)(H,19,20)/t8-/m0/s1. The maximum absolute atomic E-state index is 12.5. The van der Waals surface area contributed by atoms with E-state index < -0.39 is 29.5 Å². The van der Waals surface area contributed by atoms with E-state index in [1.54, 1.807) is 0 Å². The van der Waals surface area contributed by atoms with Crippen LogP contribution in [0, 0.1) is 5.92 Å². The number of alkyl halides is 3. The van der Waals surface area contributed by atoms with Gasteiger partial charge in [0.25, 0.3) is 0 Å². The fraction of sp³-hybridized carbons (Fsp3) is 0.385. The van der Waals surface area contributed by atoms with E-state index in [4.69, 9.17) is 5.11 Å². The minimum atomic E-state index is -4.45. The Balaban J connectivity index is 2.61. The molecule has 0 fully saturated rings. The number of hydrogen-bond acceptors (Lipinski definition) is 2. The van der Waals surface area contributed by atoms with Gasteiger partial charge in [-0.05, 0) is 11.6 Å². The van der Waals surface area contributed by atoms with Crippen molar-refractivity contribution in [1.29, 1.82) is 0 Å². The fourth-order valence-electron chi connectivity index (χ4n) is 1.46. The van der Waals surface area contributed by atoms with Gasteiger partial charge in [0.1, 0.15) is 0 Å². The first-order chi connectivity index (χ1) is 9.20. The molecule has 0 aliphatic heterocycles. The van der Waals surface area contributed by atoms with Crippen LogP contribution in [0.4, 0.5) is 13.2 Å². The molecule has 0 aromatic heterocycles. The van der Waals surface area contributed by atoms with Crippen LogP contribution in [0.2, 0.25) is 0 Å². The summed E-state index contributed by atoms with van der Waals surface area (Å²) in [5.41, 5.74) is -0.595. The smallest absolute Gasteiger partial charge is 0.416 e. The quantitative estimate of drug-likeness (QED) is 0.872. The zero-order chi connectivity index (χ0) is 15.3. The Bertz CT molecular complexity index is 500. The lowest BCUT2D eigenvalue weighted by atomic mass is 10.1. The van der Waals surface area contributed by atoms with Crippen LogP contribution < -0.4 is 5.32 Å². The lowest BCUT2D eigenvalue weighted by molar-refractivity contribution is -0.141. The average molecular weight is 289 g/mol. The minimum Gasteiger partial charge on any atom is -0.481 e. The van der Waals surface area contributed by atoms with Crippen molar-refractivity contribution in [1.82, 2.24) is 5.32 Å². The number of aliphatic carboxylic acids is 1. The number of carboxylic acids is 1. The summed E-state index contributed by atoms with van der Waals surface area (Å²) in [6.07, 6.45) is -4.68. The third-order valence-corrected chi connectivity index (χ3v) is 2.65. The molecule has 1 amide bonds. The van der Waals surface area contributed by atoms with Crippen LogP contribution >= 0.6 is 0 Å². The van der Waals surface area contributed by atoms with Crippen molar-refractivity contribution in [3.8, 4) is 0 Å². The molecule has 4 nitrogen and oxygen atoms in total. The molecule has 0 heterocycles. The number of hydrogen-bond donors (Lipinski definition) is 2. The predicted octanol–water partition coefficient (Wildman–Crippen LogP) is 2.08. The fourth-order valence-corrected chi connectivity index (χ4v) is 1.46. The second kappa shape index (κ2) is 6.40. The first kappa shape index (κ1) is 16.0. The number of amides is 1. The molecule has 0 unspecified atom stereocenters. The third-order valence-electron chi connectivity index (χ3n) is 2.65. The summed E-state index contributed by atoms with van der Waals surface area (Å²) in [5, 5.41) is 11.0. The Morgan fingerprint density at radius 3 is 2.55 bits per heavy atom. The Kier molecular flexibility index (Phi) is 5.12. The van der Waals surface area contributed by atoms with E-state index in [0.29, 0.717) is 0 Å². The normalized spacial score (nSPS) is 12.8. The van der Waals surface area contributed by atoms with E-state index in [9.17, 15) is 22.8 Å². The number of carbonyl (C=O) groups is 2. The van der Waals surface area contributed by atoms with E-state index in [1.165, 1.54) is 19.1 Å². The van der Waals surface area contributed by atoms with Gasteiger partial charge in [0.15, 0.2) is 0 Å². The van der Waals surface area contributed by atoms with Crippen LogP contribution in [-0.2, 0) is 22.2 Å². The van der Waals surface area contributed by atoms with Crippen LogP contribution in [0.15, 0.2) is 24.3 Å². The SMILES string of the molecule is C[C@@H](CNC(=O)Cc1cccc(C(F)(F)F)c1)C(=O)O. The Morgan fingerprint density at radius 2 is 2.00 bits per heavy atom. The molecule has 20 heavy (non-hydrogen) atoms. The van der Waals surface area contributed by atoms with Gasteiger partial charge in [0, 0.05) is 6.54 Å². The van der Waals surface area contributed by atoms with Crippen LogP contribution in [-0.4, -0.2) is 23.5 Å². The molecule has 0 bridgehead atoms. The molecule has 1 atom stereocenters. The monoisotopic (exact) mass is 289 g/mol. The van der Waals surface area contributed by atoms with E-state index in [1.807, 2.05) is 0 Å². The Hall–Kier alpha value is -2.05. The zero-order valence-corrected chi connectivity index (χ0v) is 10.7. The van der Waals surface area contributed by atoms with Crippen molar-refractivity contribution < 1.29 is 27.9 Å². The lowest BCUT2D eigenvalue weighted by Crippen LogP contribution is -2.32. The number of rotatable bonds is 5. The molecular weight excluding hydrogens is 275 g/mol. The summed E-state index contributed by atoms with van der Waals surface area (Å²) in [6.45, 7) is 1.36. The first-order valence-corrected chi connectivity index (χ1v) is 5.86. The molecule has 1 rings (SSSR count). The Morgan fingerprint density at radius 1 is 1.35 bits per heavy atom.